The molecule has 0 unspecified atom stereocenters. The van der Waals surface area contributed by atoms with Crippen molar-refractivity contribution in [3.8, 4) is 11.4 Å². The lowest BCUT2D eigenvalue weighted by molar-refractivity contribution is -0.121. The van der Waals surface area contributed by atoms with Gasteiger partial charge in [0.2, 0.25) is 5.91 Å². The Morgan fingerprint density at radius 2 is 1.83 bits per heavy atom. The number of ether oxygens (including phenoxy) is 1. The summed E-state index contributed by atoms with van der Waals surface area (Å²) in [6.07, 6.45) is 0.622. The minimum atomic E-state index is -0.0880. The molecule has 182 valence electrons. The third-order valence-electron chi connectivity index (χ3n) is 6.44. The van der Waals surface area contributed by atoms with Crippen LogP contribution in [0.5, 0.6) is 5.75 Å². The molecule has 2 aromatic carbocycles. The number of hydrogen-bond acceptors (Lipinski definition) is 4. The molecular formula is C28H32N4O3. The number of carbonyl (C=O) groups excluding carboxylic acids is 1. The van der Waals surface area contributed by atoms with Crippen LogP contribution < -0.4 is 15.6 Å². The molecule has 1 N–H and O–H groups in total. The SMILES string of the molecule is CCn1c(=O)c(CCC(=O)NCc2ccc(OC)cc2)c(C)c2c(C)nn(-c3cccc(C)c3)c21. The zero-order valence-corrected chi connectivity index (χ0v) is 21.0. The zero-order valence-electron chi connectivity index (χ0n) is 21.0. The topological polar surface area (TPSA) is 78.2 Å². The van der Waals surface area contributed by atoms with Crippen LogP contribution in [0.4, 0.5) is 0 Å². The maximum absolute atomic E-state index is 13.5. The number of aromatic nitrogens is 3. The minimum Gasteiger partial charge on any atom is -0.497 e. The van der Waals surface area contributed by atoms with Gasteiger partial charge in [-0.15, -0.1) is 0 Å². The summed E-state index contributed by atoms with van der Waals surface area (Å²) in [6.45, 7) is 8.88. The molecule has 0 aliphatic carbocycles. The Labute approximate surface area is 205 Å². The summed E-state index contributed by atoms with van der Waals surface area (Å²) in [6, 6.07) is 15.7. The first-order valence-corrected chi connectivity index (χ1v) is 11.9. The van der Waals surface area contributed by atoms with Gasteiger partial charge in [0.25, 0.3) is 5.56 Å². The van der Waals surface area contributed by atoms with Crippen molar-refractivity contribution in [1.29, 1.82) is 0 Å². The average molecular weight is 473 g/mol. The predicted octanol–water partition coefficient (Wildman–Crippen LogP) is 4.39. The van der Waals surface area contributed by atoms with E-state index in [-0.39, 0.29) is 17.9 Å². The van der Waals surface area contributed by atoms with Crippen molar-refractivity contribution in [2.75, 3.05) is 7.11 Å². The number of fused-ring (bicyclic) bond motifs is 1. The second kappa shape index (κ2) is 10.2. The maximum atomic E-state index is 13.5. The predicted molar refractivity (Wildman–Crippen MR) is 138 cm³/mol. The van der Waals surface area contributed by atoms with E-state index in [2.05, 4.69) is 11.4 Å². The second-order valence-electron chi connectivity index (χ2n) is 8.81. The Morgan fingerprint density at radius 3 is 2.49 bits per heavy atom. The second-order valence-corrected chi connectivity index (χ2v) is 8.81. The fourth-order valence-corrected chi connectivity index (χ4v) is 4.57. The number of methoxy groups -OCH3 is 1. The molecule has 0 saturated carbocycles. The highest BCUT2D eigenvalue weighted by atomic mass is 16.5. The number of carbonyl (C=O) groups is 1. The fraction of sp³-hybridized carbons (Fsp3) is 0.321. The molecule has 4 aromatic rings. The maximum Gasteiger partial charge on any atom is 0.255 e. The summed E-state index contributed by atoms with van der Waals surface area (Å²) in [5.41, 5.74) is 6.22. The number of aryl methyl sites for hydroxylation is 4. The average Bonchev–Trinajstić information content (AvgIpc) is 3.20. The smallest absolute Gasteiger partial charge is 0.255 e. The summed E-state index contributed by atoms with van der Waals surface area (Å²) in [5.74, 6) is 0.689. The Morgan fingerprint density at radius 1 is 1.09 bits per heavy atom. The molecule has 7 heteroatoms. The van der Waals surface area contributed by atoms with Crippen LogP contribution in [0, 0.1) is 20.8 Å². The molecule has 0 aliphatic heterocycles. The molecular weight excluding hydrogens is 440 g/mol. The van der Waals surface area contributed by atoms with E-state index in [9.17, 15) is 9.59 Å². The van der Waals surface area contributed by atoms with Crippen molar-refractivity contribution in [3.63, 3.8) is 0 Å². The number of benzene rings is 2. The van der Waals surface area contributed by atoms with Crippen molar-refractivity contribution in [3.05, 3.63) is 86.8 Å². The van der Waals surface area contributed by atoms with Gasteiger partial charge in [0.05, 0.1) is 18.5 Å². The summed E-state index contributed by atoms with van der Waals surface area (Å²) in [7, 11) is 1.62. The van der Waals surface area contributed by atoms with Crippen molar-refractivity contribution >= 4 is 16.9 Å². The largest absolute Gasteiger partial charge is 0.497 e. The van der Waals surface area contributed by atoms with Crippen LogP contribution in [0.3, 0.4) is 0 Å². The van der Waals surface area contributed by atoms with Gasteiger partial charge < -0.3 is 10.1 Å². The van der Waals surface area contributed by atoms with Crippen molar-refractivity contribution < 1.29 is 9.53 Å². The third-order valence-corrected chi connectivity index (χ3v) is 6.44. The number of nitrogens with one attached hydrogen (secondary N) is 1. The lowest BCUT2D eigenvalue weighted by Crippen LogP contribution is -2.28. The van der Waals surface area contributed by atoms with Gasteiger partial charge in [-0.25, -0.2) is 4.68 Å². The molecule has 0 aliphatic rings. The number of rotatable bonds is 8. The van der Waals surface area contributed by atoms with E-state index in [1.165, 1.54) is 0 Å². The van der Waals surface area contributed by atoms with Gasteiger partial charge in [0.15, 0.2) is 0 Å². The molecule has 0 atom stereocenters. The fourth-order valence-electron chi connectivity index (χ4n) is 4.57. The van der Waals surface area contributed by atoms with Crippen molar-refractivity contribution in [2.24, 2.45) is 0 Å². The van der Waals surface area contributed by atoms with Gasteiger partial charge >= 0.3 is 0 Å². The molecule has 7 nitrogen and oxygen atoms in total. The normalized spacial score (nSPS) is 11.1. The molecule has 4 rings (SSSR count). The minimum absolute atomic E-state index is 0.0609. The number of pyridine rings is 1. The monoisotopic (exact) mass is 472 g/mol. The van der Waals surface area contributed by atoms with E-state index in [0.717, 1.165) is 44.9 Å². The summed E-state index contributed by atoms with van der Waals surface area (Å²) < 4.78 is 8.80. The van der Waals surface area contributed by atoms with Gasteiger partial charge in [0.1, 0.15) is 11.4 Å². The molecule has 35 heavy (non-hydrogen) atoms. The Balaban J connectivity index is 1.60. The highest BCUT2D eigenvalue weighted by Gasteiger charge is 2.21. The van der Waals surface area contributed by atoms with Gasteiger partial charge in [-0.3, -0.25) is 14.2 Å². The van der Waals surface area contributed by atoms with Crippen LogP contribution in [0.15, 0.2) is 53.3 Å². The Kier molecular flexibility index (Phi) is 7.05. The summed E-state index contributed by atoms with van der Waals surface area (Å²) in [4.78, 5) is 26.1. The van der Waals surface area contributed by atoms with Gasteiger partial charge in [-0.1, -0.05) is 24.3 Å². The molecule has 0 spiro atoms. The van der Waals surface area contributed by atoms with Crippen LogP contribution >= 0.6 is 0 Å². The van der Waals surface area contributed by atoms with E-state index in [0.29, 0.717) is 25.1 Å². The number of amides is 1. The zero-order chi connectivity index (χ0) is 25.1. The summed E-state index contributed by atoms with van der Waals surface area (Å²) in [5, 5.41) is 8.71. The quantitative estimate of drug-likeness (QED) is 0.413. The van der Waals surface area contributed by atoms with Crippen molar-refractivity contribution in [1.82, 2.24) is 19.7 Å². The van der Waals surface area contributed by atoms with Crippen LogP contribution in [0.1, 0.15) is 41.3 Å². The van der Waals surface area contributed by atoms with Crippen LogP contribution in [0.25, 0.3) is 16.7 Å². The number of hydrogen-bond donors (Lipinski definition) is 1. The molecule has 0 fully saturated rings. The highest BCUT2D eigenvalue weighted by molar-refractivity contribution is 5.85. The first kappa shape index (κ1) is 24.3. The van der Waals surface area contributed by atoms with Crippen LogP contribution in [0.2, 0.25) is 0 Å². The molecule has 0 saturated heterocycles. The van der Waals surface area contributed by atoms with E-state index in [1.807, 2.05) is 74.8 Å². The van der Waals surface area contributed by atoms with Gasteiger partial charge in [-0.05, 0) is 75.1 Å². The van der Waals surface area contributed by atoms with Crippen molar-refractivity contribution in [2.45, 2.75) is 53.6 Å². The standard InChI is InChI=1S/C28H32N4O3/c1-6-31-27-26(20(4)30-32(27)22-9-7-8-18(2)16-22)19(3)24(28(31)34)14-15-25(33)29-17-21-10-12-23(35-5)13-11-21/h7-13,16H,6,14-15,17H2,1-5H3,(H,29,33). The lowest BCUT2D eigenvalue weighted by Gasteiger charge is -2.15. The molecule has 2 heterocycles. The Bertz CT molecular complexity index is 1430. The lowest BCUT2D eigenvalue weighted by atomic mass is 10.0. The highest BCUT2D eigenvalue weighted by Crippen LogP contribution is 2.26. The van der Waals surface area contributed by atoms with E-state index >= 15 is 0 Å². The van der Waals surface area contributed by atoms with E-state index in [1.54, 1.807) is 11.7 Å². The summed E-state index contributed by atoms with van der Waals surface area (Å²) >= 11 is 0. The Hall–Kier alpha value is -3.87. The molecule has 0 bridgehead atoms. The van der Waals surface area contributed by atoms with Gasteiger partial charge in [0, 0.05) is 30.5 Å². The molecule has 0 radical (unpaired) electrons. The van der Waals surface area contributed by atoms with Crippen LogP contribution in [-0.4, -0.2) is 27.4 Å². The van der Waals surface area contributed by atoms with Gasteiger partial charge in [-0.2, -0.15) is 5.10 Å². The van der Waals surface area contributed by atoms with Crippen LogP contribution in [-0.2, 0) is 24.3 Å². The third kappa shape index (κ3) is 4.85. The molecule has 1 amide bonds. The molecule has 2 aromatic heterocycles. The number of nitrogens with zero attached hydrogens (tertiary/aromatic N) is 3. The first-order chi connectivity index (χ1) is 16.8. The first-order valence-electron chi connectivity index (χ1n) is 11.9. The van der Waals surface area contributed by atoms with E-state index in [4.69, 9.17) is 9.84 Å². The van der Waals surface area contributed by atoms with E-state index < -0.39 is 0 Å².